The molecule has 86 valence electrons. The summed E-state index contributed by atoms with van der Waals surface area (Å²) >= 11 is 1.34. The molecule has 0 saturated carbocycles. The molecule has 0 fully saturated rings. The van der Waals surface area contributed by atoms with Gasteiger partial charge in [0.2, 0.25) is 0 Å². The first-order valence-electron chi connectivity index (χ1n) is 5.40. The number of nitrogens with one attached hydrogen (secondary N) is 1. The maximum Gasteiger partial charge on any atom is 0.265 e. The van der Waals surface area contributed by atoms with Crippen molar-refractivity contribution in [2.75, 3.05) is 0 Å². The van der Waals surface area contributed by atoms with Crippen molar-refractivity contribution in [3.63, 3.8) is 0 Å². The standard InChI is InChI=1S/C14H8N2OS/c15-8-9-2-1-3-10(6-9)11-4-5-13-12(7-11)14(17)16-18-13/h1-7H,(H,16,17). The Balaban J connectivity index is 2.22. The van der Waals surface area contributed by atoms with Crippen molar-refractivity contribution in [3.05, 3.63) is 58.4 Å². The second-order valence-electron chi connectivity index (χ2n) is 3.94. The molecular weight excluding hydrogens is 244 g/mol. The van der Waals surface area contributed by atoms with Crippen LogP contribution in [0.3, 0.4) is 0 Å². The van der Waals surface area contributed by atoms with Gasteiger partial charge in [0.15, 0.2) is 0 Å². The summed E-state index contributed by atoms with van der Waals surface area (Å²) in [6, 6.07) is 15.2. The largest absolute Gasteiger partial charge is 0.277 e. The van der Waals surface area contributed by atoms with Gasteiger partial charge >= 0.3 is 0 Å². The summed E-state index contributed by atoms with van der Waals surface area (Å²) in [7, 11) is 0. The Hall–Kier alpha value is -2.38. The molecule has 0 atom stereocenters. The predicted octanol–water partition coefficient (Wildman–Crippen LogP) is 3.13. The molecule has 0 aliphatic rings. The molecule has 0 saturated heterocycles. The normalized spacial score (nSPS) is 10.4. The van der Waals surface area contributed by atoms with Gasteiger partial charge in [0, 0.05) is 0 Å². The Morgan fingerprint density at radius 1 is 1.11 bits per heavy atom. The van der Waals surface area contributed by atoms with Gasteiger partial charge < -0.3 is 0 Å². The van der Waals surface area contributed by atoms with Crippen LogP contribution in [0, 0.1) is 11.3 Å². The van der Waals surface area contributed by atoms with Crippen LogP contribution in [0.4, 0.5) is 0 Å². The highest BCUT2D eigenvalue weighted by Gasteiger charge is 2.04. The fraction of sp³-hybridized carbons (Fsp3) is 0. The highest BCUT2D eigenvalue weighted by Crippen LogP contribution is 2.24. The molecule has 3 aromatic rings. The number of nitrogens with zero attached hydrogens (tertiary/aromatic N) is 1. The Bertz CT molecular complexity index is 823. The van der Waals surface area contributed by atoms with Crippen molar-refractivity contribution in [3.8, 4) is 17.2 Å². The lowest BCUT2D eigenvalue weighted by molar-refractivity contribution is 1.46. The molecule has 4 heteroatoms. The van der Waals surface area contributed by atoms with Crippen LogP contribution in [0.2, 0.25) is 0 Å². The molecule has 3 nitrogen and oxygen atoms in total. The summed E-state index contributed by atoms with van der Waals surface area (Å²) in [6.45, 7) is 0. The minimum Gasteiger partial charge on any atom is -0.277 e. The maximum absolute atomic E-state index is 11.6. The molecule has 0 radical (unpaired) electrons. The lowest BCUT2D eigenvalue weighted by Crippen LogP contribution is -1.96. The Morgan fingerprint density at radius 2 is 1.94 bits per heavy atom. The molecule has 3 rings (SSSR count). The highest BCUT2D eigenvalue weighted by atomic mass is 32.1. The SMILES string of the molecule is N#Cc1cccc(-c2ccc3s[nH]c(=O)c3c2)c1. The van der Waals surface area contributed by atoms with Gasteiger partial charge in [0.1, 0.15) is 0 Å². The van der Waals surface area contributed by atoms with Gasteiger partial charge in [-0.3, -0.25) is 9.17 Å². The van der Waals surface area contributed by atoms with Crippen LogP contribution in [-0.4, -0.2) is 4.37 Å². The molecule has 2 aromatic carbocycles. The van der Waals surface area contributed by atoms with Crippen LogP contribution in [0.1, 0.15) is 5.56 Å². The van der Waals surface area contributed by atoms with E-state index in [1.165, 1.54) is 11.5 Å². The quantitative estimate of drug-likeness (QED) is 0.723. The minimum atomic E-state index is -0.0618. The number of aromatic amines is 1. The Kier molecular flexibility index (Phi) is 2.47. The van der Waals surface area contributed by atoms with Gasteiger partial charge in [-0.05, 0) is 35.4 Å². The Morgan fingerprint density at radius 3 is 2.78 bits per heavy atom. The smallest absolute Gasteiger partial charge is 0.265 e. The lowest BCUT2D eigenvalue weighted by Gasteiger charge is -2.01. The van der Waals surface area contributed by atoms with Crippen molar-refractivity contribution in [1.29, 1.82) is 5.26 Å². The summed E-state index contributed by atoms with van der Waals surface area (Å²) in [5.74, 6) is 0. The van der Waals surface area contributed by atoms with E-state index < -0.39 is 0 Å². The number of nitriles is 1. The average Bonchev–Trinajstić information content (AvgIpc) is 2.80. The number of benzene rings is 2. The number of H-pyrrole nitrogens is 1. The maximum atomic E-state index is 11.6. The van der Waals surface area contributed by atoms with E-state index in [-0.39, 0.29) is 5.56 Å². The third-order valence-electron chi connectivity index (χ3n) is 2.80. The zero-order valence-electron chi connectivity index (χ0n) is 9.31. The van der Waals surface area contributed by atoms with Crippen molar-refractivity contribution in [2.24, 2.45) is 0 Å². The summed E-state index contributed by atoms with van der Waals surface area (Å²) < 4.78 is 3.66. The summed E-state index contributed by atoms with van der Waals surface area (Å²) in [4.78, 5) is 11.6. The molecule has 0 unspecified atom stereocenters. The van der Waals surface area contributed by atoms with Crippen molar-refractivity contribution >= 4 is 21.6 Å². The van der Waals surface area contributed by atoms with Gasteiger partial charge in [-0.1, -0.05) is 29.7 Å². The van der Waals surface area contributed by atoms with E-state index in [2.05, 4.69) is 10.4 Å². The number of hydrogen-bond donors (Lipinski definition) is 1. The summed E-state index contributed by atoms with van der Waals surface area (Å²) in [6.07, 6.45) is 0. The van der Waals surface area contributed by atoms with E-state index in [0.29, 0.717) is 10.9 Å². The van der Waals surface area contributed by atoms with Crippen LogP contribution in [0.25, 0.3) is 21.2 Å². The molecule has 1 heterocycles. The van der Waals surface area contributed by atoms with Gasteiger partial charge in [0.05, 0.1) is 21.7 Å². The average molecular weight is 252 g/mol. The van der Waals surface area contributed by atoms with Gasteiger partial charge in [-0.15, -0.1) is 0 Å². The molecule has 18 heavy (non-hydrogen) atoms. The van der Waals surface area contributed by atoms with Crippen LogP contribution in [0.5, 0.6) is 0 Å². The van der Waals surface area contributed by atoms with Gasteiger partial charge in [-0.25, -0.2) is 0 Å². The topological polar surface area (TPSA) is 56.6 Å². The lowest BCUT2D eigenvalue weighted by atomic mass is 10.0. The van der Waals surface area contributed by atoms with Crippen LogP contribution >= 0.6 is 11.5 Å². The number of aromatic nitrogens is 1. The second-order valence-corrected chi connectivity index (χ2v) is 4.78. The summed E-state index contributed by atoms with van der Waals surface area (Å²) in [5, 5.41) is 9.58. The third kappa shape index (κ3) is 1.71. The first-order chi connectivity index (χ1) is 8.78. The number of rotatable bonds is 1. The highest BCUT2D eigenvalue weighted by molar-refractivity contribution is 7.13. The second kappa shape index (κ2) is 4.13. The number of fused-ring (bicyclic) bond motifs is 1. The molecule has 1 aromatic heterocycles. The Labute approximate surface area is 107 Å². The fourth-order valence-electron chi connectivity index (χ4n) is 1.90. The first-order valence-corrected chi connectivity index (χ1v) is 6.21. The van der Waals surface area contributed by atoms with Gasteiger partial charge in [0.25, 0.3) is 5.56 Å². The zero-order chi connectivity index (χ0) is 12.5. The fourth-order valence-corrected chi connectivity index (χ4v) is 2.61. The monoisotopic (exact) mass is 252 g/mol. The molecule has 0 aliphatic heterocycles. The number of hydrogen-bond acceptors (Lipinski definition) is 3. The van der Waals surface area contributed by atoms with Crippen LogP contribution < -0.4 is 5.56 Å². The molecule has 0 spiro atoms. The van der Waals surface area contributed by atoms with Gasteiger partial charge in [-0.2, -0.15) is 5.26 Å². The summed E-state index contributed by atoms with van der Waals surface area (Å²) in [5.41, 5.74) is 2.45. The third-order valence-corrected chi connectivity index (χ3v) is 3.67. The van der Waals surface area contributed by atoms with Crippen molar-refractivity contribution in [1.82, 2.24) is 4.37 Å². The minimum absolute atomic E-state index is 0.0618. The van der Waals surface area contributed by atoms with Crippen molar-refractivity contribution < 1.29 is 0 Å². The molecule has 0 aliphatic carbocycles. The predicted molar refractivity (Wildman–Crippen MR) is 72.6 cm³/mol. The van der Waals surface area contributed by atoms with Crippen molar-refractivity contribution in [2.45, 2.75) is 0 Å². The van der Waals surface area contributed by atoms with E-state index in [1.807, 2.05) is 36.4 Å². The van der Waals surface area contributed by atoms with E-state index >= 15 is 0 Å². The molecular formula is C14H8N2OS. The van der Waals surface area contributed by atoms with E-state index in [0.717, 1.165) is 15.8 Å². The molecule has 1 N–H and O–H groups in total. The van der Waals surface area contributed by atoms with E-state index in [9.17, 15) is 4.79 Å². The van der Waals surface area contributed by atoms with E-state index in [4.69, 9.17) is 5.26 Å². The van der Waals surface area contributed by atoms with Crippen LogP contribution in [-0.2, 0) is 0 Å². The zero-order valence-corrected chi connectivity index (χ0v) is 10.1. The van der Waals surface area contributed by atoms with E-state index in [1.54, 1.807) is 6.07 Å². The molecule has 0 bridgehead atoms. The molecule has 0 amide bonds. The first kappa shape index (κ1) is 10.8. The van der Waals surface area contributed by atoms with Crippen LogP contribution in [0.15, 0.2) is 47.3 Å².